The van der Waals surface area contributed by atoms with Crippen molar-refractivity contribution in [2.45, 2.75) is 11.4 Å². The third-order valence-electron chi connectivity index (χ3n) is 3.22. The lowest BCUT2D eigenvalue weighted by Gasteiger charge is -2.11. The van der Waals surface area contributed by atoms with Crippen LogP contribution < -0.4 is 15.4 Å². The van der Waals surface area contributed by atoms with Gasteiger partial charge in [0.15, 0.2) is 5.11 Å². The molecule has 10 heteroatoms. The van der Waals surface area contributed by atoms with Crippen LogP contribution in [0.1, 0.15) is 4.88 Å². The van der Waals surface area contributed by atoms with Gasteiger partial charge in [0.25, 0.3) is 10.0 Å². The maximum Gasteiger partial charge on any atom is 0.264 e. The van der Waals surface area contributed by atoms with Crippen molar-refractivity contribution in [2.24, 2.45) is 0 Å². The molecule has 0 amide bonds. The van der Waals surface area contributed by atoms with Gasteiger partial charge in [0.05, 0.1) is 11.4 Å². The van der Waals surface area contributed by atoms with Gasteiger partial charge < -0.3 is 10.6 Å². The highest BCUT2D eigenvalue weighted by atomic mass is 32.2. The molecule has 0 aliphatic rings. The van der Waals surface area contributed by atoms with E-state index in [1.165, 1.54) is 29.4 Å². The summed E-state index contributed by atoms with van der Waals surface area (Å²) < 4.78 is 27.0. The normalized spacial score (nSPS) is 10.9. The van der Waals surface area contributed by atoms with E-state index in [1.54, 1.807) is 29.5 Å². The van der Waals surface area contributed by atoms with Gasteiger partial charge in [0.2, 0.25) is 5.95 Å². The van der Waals surface area contributed by atoms with E-state index in [0.29, 0.717) is 17.3 Å². The molecular weight excluding hydrogens is 390 g/mol. The number of nitrogens with zero attached hydrogens (tertiary/aromatic N) is 2. The molecule has 0 fully saturated rings. The first-order valence-corrected chi connectivity index (χ1v) is 10.3. The molecule has 7 nitrogen and oxygen atoms in total. The van der Waals surface area contributed by atoms with Crippen LogP contribution in [-0.4, -0.2) is 23.5 Å². The topological polar surface area (TPSA) is 96.0 Å². The van der Waals surface area contributed by atoms with Crippen molar-refractivity contribution in [3.05, 3.63) is 65.1 Å². The molecule has 0 atom stereocenters. The van der Waals surface area contributed by atoms with E-state index < -0.39 is 10.0 Å². The zero-order valence-electron chi connectivity index (χ0n) is 13.4. The van der Waals surface area contributed by atoms with E-state index in [1.807, 2.05) is 17.5 Å². The average molecular weight is 406 g/mol. The number of sulfonamides is 1. The molecule has 0 aliphatic carbocycles. The first kappa shape index (κ1) is 18.2. The minimum absolute atomic E-state index is 0.0219. The number of anilines is 2. The zero-order chi connectivity index (χ0) is 18.4. The van der Waals surface area contributed by atoms with E-state index in [4.69, 9.17) is 12.2 Å². The van der Waals surface area contributed by atoms with Gasteiger partial charge in [-0.2, -0.15) is 0 Å². The molecule has 2 heterocycles. The number of thiophene rings is 1. The number of hydrogen-bond donors (Lipinski definition) is 3. The van der Waals surface area contributed by atoms with Gasteiger partial charge >= 0.3 is 0 Å². The second-order valence-corrected chi connectivity index (χ2v) is 8.21. The third-order valence-corrected chi connectivity index (χ3v) is 5.68. The molecule has 26 heavy (non-hydrogen) atoms. The fourth-order valence-corrected chi connectivity index (χ4v) is 3.80. The molecule has 0 saturated carbocycles. The summed E-state index contributed by atoms with van der Waals surface area (Å²) in [6.45, 7) is 0.636. The Morgan fingerprint density at radius 3 is 2.46 bits per heavy atom. The molecule has 3 N–H and O–H groups in total. The minimum atomic E-state index is -3.75. The maximum absolute atomic E-state index is 12.3. The Hall–Kier alpha value is -2.56. The van der Waals surface area contributed by atoms with Gasteiger partial charge in [-0.1, -0.05) is 6.07 Å². The second-order valence-electron chi connectivity index (χ2n) is 5.09. The molecule has 1 aromatic carbocycles. The highest BCUT2D eigenvalue weighted by molar-refractivity contribution is 7.92. The summed E-state index contributed by atoms with van der Waals surface area (Å²) in [7, 11) is -3.75. The maximum atomic E-state index is 12.3. The van der Waals surface area contributed by atoms with Gasteiger partial charge in [0.1, 0.15) is 0 Å². The smallest absolute Gasteiger partial charge is 0.264 e. The standard InChI is InChI=1S/C16H15N5O2S3/c22-26(23,21-15-17-8-2-9-18-15)14-6-4-12(5-7-14)20-16(24)19-11-13-3-1-10-25-13/h1-10H,11H2,(H,17,18,21)(H2,19,20,24). The van der Waals surface area contributed by atoms with Gasteiger partial charge in [-0.05, 0) is 54.0 Å². The Morgan fingerprint density at radius 2 is 1.81 bits per heavy atom. The summed E-state index contributed by atoms with van der Waals surface area (Å²) >= 11 is 6.88. The summed E-state index contributed by atoms with van der Waals surface area (Å²) in [6.07, 6.45) is 2.92. The van der Waals surface area contributed by atoms with E-state index >= 15 is 0 Å². The van der Waals surface area contributed by atoms with Crippen molar-refractivity contribution in [3.8, 4) is 0 Å². The summed E-state index contributed by atoms with van der Waals surface area (Å²) in [5.74, 6) is 0.0219. The summed E-state index contributed by atoms with van der Waals surface area (Å²) in [5, 5.41) is 8.58. The molecule has 2 aromatic heterocycles. The van der Waals surface area contributed by atoms with Crippen LogP contribution in [0, 0.1) is 0 Å². The van der Waals surface area contributed by atoms with Crippen molar-refractivity contribution in [1.29, 1.82) is 0 Å². The number of hydrogen-bond acceptors (Lipinski definition) is 6. The van der Waals surface area contributed by atoms with Gasteiger partial charge in [0, 0.05) is 23.0 Å². The van der Waals surface area contributed by atoms with Crippen molar-refractivity contribution in [2.75, 3.05) is 10.0 Å². The molecule has 134 valence electrons. The molecule has 0 bridgehead atoms. The van der Waals surface area contributed by atoms with E-state index in [9.17, 15) is 8.42 Å². The molecule has 3 rings (SSSR count). The van der Waals surface area contributed by atoms with Crippen LogP contribution in [0.15, 0.2) is 65.1 Å². The summed E-state index contributed by atoms with van der Waals surface area (Å²) in [4.78, 5) is 8.97. The van der Waals surface area contributed by atoms with E-state index in [0.717, 1.165) is 0 Å². The van der Waals surface area contributed by atoms with Crippen LogP contribution in [0.3, 0.4) is 0 Å². The predicted octanol–water partition coefficient (Wildman–Crippen LogP) is 2.83. The Balaban J connectivity index is 1.59. The lowest BCUT2D eigenvalue weighted by atomic mass is 10.3. The Labute approximate surface area is 160 Å². The zero-order valence-corrected chi connectivity index (χ0v) is 15.9. The Bertz CT molecular complexity index is 959. The molecule has 0 saturated heterocycles. The van der Waals surface area contributed by atoms with Gasteiger partial charge in [-0.3, -0.25) is 0 Å². The van der Waals surface area contributed by atoms with Crippen LogP contribution in [0.5, 0.6) is 0 Å². The summed E-state index contributed by atoms with van der Waals surface area (Å²) in [5.41, 5.74) is 0.684. The SMILES string of the molecule is O=S(=O)(Nc1ncccn1)c1ccc(NC(=S)NCc2cccs2)cc1. The largest absolute Gasteiger partial charge is 0.358 e. The minimum Gasteiger partial charge on any atom is -0.358 e. The van der Waals surface area contributed by atoms with E-state index in [2.05, 4.69) is 25.3 Å². The predicted molar refractivity (Wildman–Crippen MR) is 107 cm³/mol. The van der Waals surface area contributed by atoms with Crippen molar-refractivity contribution < 1.29 is 8.42 Å². The van der Waals surface area contributed by atoms with Crippen LogP contribution >= 0.6 is 23.6 Å². The van der Waals surface area contributed by atoms with Crippen LogP contribution in [0.2, 0.25) is 0 Å². The number of rotatable bonds is 6. The van der Waals surface area contributed by atoms with Crippen molar-refractivity contribution in [1.82, 2.24) is 15.3 Å². The number of thiocarbonyl (C=S) groups is 1. The number of benzene rings is 1. The molecule has 0 aliphatic heterocycles. The quantitative estimate of drug-likeness (QED) is 0.543. The highest BCUT2D eigenvalue weighted by Gasteiger charge is 2.15. The molecule has 0 spiro atoms. The lowest BCUT2D eigenvalue weighted by Crippen LogP contribution is -2.27. The second kappa shape index (κ2) is 8.21. The van der Waals surface area contributed by atoms with Crippen LogP contribution in [0.4, 0.5) is 11.6 Å². The fraction of sp³-hybridized carbons (Fsp3) is 0.0625. The third kappa shape index (κ3) is 4.97. The number of aromatic nitrogens is 2. The lowest BCUT2D eigenvalue weighted by molar-refractivity contribution is 0.601. The Morgan fingerprint density at radius 1 is 1.08 bits per heavy atom. The van der Waals surface area contributed by atoms with Crippen molar-refractivity contribution in [3.63, 3.8) is 0 Å². The molecule has 0 unspecified atom stereocenters. The van der Waals surface area contributed by atoms with Crippen LogP contribution in [-0.2, 0) is 16.6 Å². The summed E-state index contributed by atoms with van der Waals surface area (Å²) in [6, 6.07) is 11.8. The van der Waals surface area contributed by atoms with Gasteiger partial charge in [-0.25, -0.2) is 23.1 Å². The highest BCUT2D eigenvalue weighted by Crippen LogP contribution is 2.16. The van der Waals surface area contributed by atoms with E-state index in [-0.39, 0.29) is 10.8 Å². The fourth-order valence-electron chi connectivity index (χ4n) is 2.00. The first-order valence-electron chi connectivity index (χ1n) is 7.50. The Kier molecular flexibility index (Phi) is 5.76. The van der Waals surface area contributed by atoms with Gasteiger partial charge in [-0.15, -0.1) is 11.3 Å². The van der Waals surface area contributed by atoms with Crippen molar-refractivity contribution >= 4 is 50.3 Å². The monoisotopic (exact) mass is 405 g/mol. The first-order chi connectivity index (χ1) is 12.5. The molecule has 0 radical (unpaired) electrons. The molecule has 3 aromatic rings. The van der Waals surface area contributed by atoms with Crippen LogP contribution in [0.25, 0.3) is 0 Å². The molecular formula is C16H15N5O2S3. The number of nitrogens with one attached hydrogen (secondary N) is 3. The average Bonchev–Trinajstić information content (AvgIpc) is 3.14.